The van der Waals surface area contributed by atoms with Crippen LogP contribution in [0.1, 0.15) is 27.1 Å². The van der Waals surface area contributed by atoms with Crippen LogP contribution in [0.25, 0.3) is 0 Å². The van der Waals surface area contributed by atoms with Crippen LogP contribution in [-0.4, -0.2) is 41.3 Å². The second kappa shape index (κ2) is 7.24. The molecule has 3 rings (SSSR count). The Labute approximate surface area is 153 Å². The third-order valence-corrected chi connectivity index (χ3v) is 4.00. The number of non-ortho nitro benzene ring substituents is 1. The van der Waals surface area contributed by atoms with Gasteiger partial charge in [0, 0.05) is 12.6 Å². The number of hydrogen-bond donors (Lipinski definition) is 0. The zero-order valence-corrected chi connectivity index (χ0v) is 14.2. The van der Waals surface area contributed by atoms with E-state index in [1.165, 1.54) is 19.2 Å². The maximum absolute atomic E-state index is 12.3. The molecule has 0 aromatic heterocycles. The molecule has 0 spiro atoms. The Bertz CT molecular complexity index is 919. The van der Waals surface area contributed by atoms with Gasteiger partial charge in [-0.3, -0.25) is 29.4 Å². The molecule has 138 valence electrons. The fourth-order valence-corrected chi connectivity index (χ4v) is 2.68. The zero-order valence-electron chi connectivity index (χ0n) is 14.2. The van der Waals surface area contributed by atoms with Gasteiger partial charge in [-0.15, -0.1) is 0 Å². The van der Waals surface area contributed by atoms with Crippen LogP contribution in [0.3, 0.4) is 0 Å². The molecule has 9 heteroatoms. The summed E-state index contributed by atoms with van der Waals surface area (Å²) < 4.78 is 10.1. The van der Waals surface area contributed by atoms with Crippen molar-refractivity contribution in [1.82, 2.24) is 4.90 Å². The minimum atomic E-state index is -0.759. The summed E-state index contributed by atoms with van der Waals surface area (Å²) in [6.07, 6.45) is -0.267. The molecule has 1 heterocycles. The first-order valence-electron chi connectivity index (χ1n) is 7.90. The molecule has 0 saturated carbocycles. The molecule has 0 bridgehead atoms. The number of esters is 1. The molecule has 9 nitrogen and oxygen atoms in total. The number of fused-ring (bicyclic) bond motifs is 1. The Balaban J connectivity index is 1.68. The highest BCUT2D eigenvalue weighted by atomic mass is 16.6. The van der Waals surface area contributed by atoms with Crippen molar-refractivity contribution in [2.24, 2.45) is 0 Å². The van der Waals surface area contributed by atoms with Gasteiger partial charge < -0.3 is 9.47 Å². The highest BCUT2D eigenvalue weighted by Crippen LogP contribution is 2.31. The third-order valence-electron chi connectivity index (χ3n) is 4.00. The number of ether oxygens (including phenoxy) is 2. The Morgan fingerprint density at radius 3 is 2.26 bits per heavy atom. The molecule has 0 radical (unpaired) electrons. The van der Waals surface area contributed by atoms with E-state index in [0.717, 1.165) is 11.0 Å². The molecule has 0 saturated heterocycles. The lowest BCUT2D eigenvalue weighted by atomic mass is 10.1. The highest BCUT2D eigenvalue weighted by molar-refractivity contribution is 6.21. The van der Waals surface area contributed by atoms with E-state index >= 15 is 0 Å². The number of nitro benzene ring substituents is 1. The first-order valence-corrected chi connectivity index (χ1v) is 7.90. The normalized spacial score (nSPS) is 12.7. The molecule has 0 unspecified atom stereocenters. The van der Waals surface area contributed by atoms with Crippen LogP contribution in [0.15, 0.2) is 42.5 Å². The van der Waals surface area contributed by atoms with E-state index in [0.29, 0.717) is 0 Å². The average molecular weight is 370 g/mol. The lowest BCUT2D eigenvalue weighted by molar-refractivity contribution is -0.384. The van der Waals surface area contributed by atoms with Gasteiger partial charge in [0.05, 0.1) is 35.6 Å². The number of hydrogen-bond acceptors (Lipinski definition) is 7. The quantitative estimate of drug-likeness (QED) is 0.252. The number of nitrogens with zero attached hydrogens (tertiary/aromatic N) is 2. The van der Waals surface area contributed by atoms with Crippen molar-refractivity contribution in [3.05, 3.63) is 63.7 Å². The number of nitro groups is 1. The van der Waals surface area contributed by atoms with Gasteiger partial charge in [-0.25, -0.2) is 0 Å². The van der Waals surface area contributed by atoms with Crippen LogP contribution in [0, 0.1) is 10.1 Å². The molecule has 27 heavy (non-hydrogen) atoms. The number of methoxy groups -OCH3 is 1. The van der Waals surface area contributed by atoms with Crippen LogP contribution < -0.4 is 9.47 Å². The van der Waals surface area contributed by atoms with E-state index in [-0.39, 0.29) is 41.3 Å². The maximum atomic E-state index is 12.3. The number of benzene rings is 2. The van der Waals surface area contributed by atoms with Gasteiger partial charge in [-0.05, 0) is 18.2 Å². The third kappa shape index (κ3) is 3.47. The molecule has 2 aromatic carbocycles. The lowest BCUT2D eigenvalue weighted by Gasteiger charge is -2.13. The molecule has 2 aromatic rings. The Kier molecular flexibility index (Phi) is 4.84. The number of carbonyl (C=O) groups is 3. The number of carbonyl (C=O) groups excluding carboxylic acids is 3. The number of rotatable bonds is 6. The van der Waals surface area contributed by atoms with Crippen molar-refractivity contribution in [1.29, 1.82) is 0 Å². The molecular weight excluding hydrogens is 356 g/mol. The molecule has 0 N–H and O–H groups in total. The summed E-state index contributed by atoms with van der Waals surface area (Å²) in [6, 6.07) is 9.98. The second-order valence-electron chi connectivity index (χ2n) is 5.62. The first kappa shape index (κ1) is 18.1. The van der Waals surface area contributed by atoms with E-state index in [1.54, 1.807) is 24.3 Å². The number of amides is 2. The molecule has 0 aliphatic carbocycles. The number of imide groups is 1. The van der Waals surface area contributed by atoms with E-state index < -0.39 is 22.7 Å². The van der Waals surface area contributed by atoms with Crippen molar-refractivity contribution < 1.29 is 28.8 Å². The van der Waals surface area contributed by atoms with Gasteiger partial charge in [-0.2, -0.15) is 0 Å². The van der Waals surface area contributed by atoms with Crippen LogP contribution >= 0.6 is 0 Å². The summed E-state index contributed by atoms with van der Waals surface area (Å²) in [5.74, 6) is -1.67. The van der Waals surface area contributed by atoms with Gasteiger partial charge in [0.25, 0.3) is 17.5 Å². The van der Waals surface area contributed by atoms with Crippen molar-refractivity contribution in [3.63, 3.8) is 0 Å². The van der Waals surface area contributed by atoms with Gasteiger partial charge >= 0.3 is 5.97 Å². The lowest BCUT2D eigenvalue weighted by Crippen LogP contribution is -2.32. The minimum absolute atomic E-state index is 0.112. The van der Waals surface area contributed by atoms with Gasteiger partial charge in [-0.1, -0.05) is 12.1 Å². The van der Waals surface area contributed by atoms with E-state index in [2.05, 4.69) is 0 Å². The molecular formula is C18H14N2O7. The molecule has 2 amide bonds. The summed E-state index contributed by atoms with van der Waals surface area (Å²) in [7, 11) is 1.33. The summed E-state index contributed by atoms with van der Waals surface area (Å²) in [5, 5.41) is 10.9. The smallest absolute Gasteiger partial charge is 0.313 e. The predicted molar refractivity (Wildman–Crippen MR) is 91.7 cm³/mol. The maximum Gasteiger partial charge on any atom is 0.313 e. The Morgan fingerprint density at radius 2 is 1.70 bits per heavy atom. The molecule has 1 aliphatic rings. The fraction of sp³-hybridized carbons (Fsp3) is 0.167. The van der Waals surface area contributed by atoms with Gasteiger partial charge in [0.2, 0.25) is 0 Å². The first-order chi connectivity index (χ1) is 12.9. The van der Waals surface area contributed by atoms with E-state index in [1.807, 2.05) is 0 Å². The highest BCUT2D eigenvalue weighted by Gasteiger charge is 2.35. The molecule has 1 aliphatic heterocycles. The van der Waals surface area contributed by atoms with Crippen molar-refractivity contribution in [3.8, 4) is 11.5 Å². The molecule has 0 fully saturated rings. The van der Waals surface area contributed by atoms with Crippen molar-refractivity contribution in [2.75, 3.05) is 13.7 Å². The van der Waals surface area contributed by atoms with Crippen LogP contribution in [0.4, 0.5) is 5.69 Å². The van der Waals surface area contributed by atoms with E-state index in [9.17, 15) is 24.5 Å². The van der Waals surface area contributed by atoms with Crippen LogP contribution in [0.2, 0.25) is 0 Å². The second-order valence-corrected chi connectivity index (χ2v) is 5.62. The summed E-state index contributed by atoms with van der Waals surface area (Å²) in [4.78, 5) is 47.8. The van der Waals surface area contributed by atoms with Crippen LogP contribution in [-0.2, 0) is 4.79 Å². The van der Waals surface area contributed by atoms with Crippen molar-refractivity contribution in [2.45, 2.75) is 6.42 Å². The van der Waals surface area contributed by atoms with Crippen LogP contribution in [0.5, 0.6) is 11.5 Å². The summed E-state index contributed by atoms with van der Waals surface area (Å²) in [5.41, 5.74) is 0.311. The summed E-state index contributed by atoms with van der Waals surface area (Å²) in [6.45, 7) is -0.164. The summed E-state index contributed by atoms with van der Waals surface area (Å²) >= 11 is 0. The van der Waals surface area contributed by atoms with Crippen molar-refractivity contribution >= 4 is 23.5 Å². The fourth-order valence-electron chi connectivity index (χ4n) is 2.68. The van der Waals surface area contributed by atoms with E-state index in [4.69, 9.17) is 9.47 Å². The monoisotopic (exact) mass is 370 g/mol. The standard InChI is InChI=1S/C18H14N2O7/c1-26-14-7-6-11(20(24)25)10-15(14)27-16(21)8-9-19-17(22)12-4-2-3-5-13(12)18(19)23/h2-7,10H,8-9H2,1H3. The molecule has 0 atom stereocenters. The predicted octanol–water partition coefficient (Wildman–Crippen LogP) is 2.20. The Morgan fingerprint density at radius 1 is 1.07 bits per heavy atom. The SMILES string of the molecule is COc1ccc([N+](=O)[O-])cc1OC(=O)CCN1C(=O)c2ccccc2C1=O. The van der Waals surface area contributed by atoms with Gasteiger partial charge in [0.1, 0.15) is 0 Å². The van der Waals surface area contributed by atoms with Gasteiger partial charge in [0.15, 0.2) is 11.5 Å². The average Bonchev–Trinajstić information content (AvgIpc) is 2.91. The largest absolute Gasteiger partial charge is 0.493 e. The minimum Gasteiger partial charge on any atom is -0.493 e. The zero-order chi connectivity index (χ0) is 19.6. The topological polar surface area (TPSA) is 116 Å². The Hall–Kier alpha value is -3.75.